The van der Waals surface area contributed by atoms with Crippen molar-refractivity contribution in [3.05, 3.63) is 34.4 Å². The molecule has 1 amide bonds. The van der Waals surface area contributed by atoms with Gasteiger partial charge in [-0.1, -0.05) is 0 Å². The Morgan fingerprint density at radius 2 is 2.00 bits per heavy atom. The highest BCUT2D eigenvalue weighted by Gasteiger charge is 2.17. The standard InChI is InChI=1S/C14H20N4O6S.ClH/c19-14(9-11-10-24-8-7-15-11)16-5-6-17-25(22,23)13-3-1-12(2-4-13)18(20)21;/h1-4,11,15,17H,5-10H2,(H,16,19);1H. The van der Waals surface area contributed by atoms with E-state index in [4.69, 9.17) is 4.74 Å². The van der Waals surface area contributed by atoms with Crippen LogP contribution in [-0.2, 0) is 19.6 Å². The van der Waals surface area contributed by atoms with Crippen molar-refractivity contribution in [1.29, 1.82) is 0 Å². The van der Waals surface area contributed by atoms with E-state index in [1.165, 1.54) is 0 Å². The number of sulfonamides is 1. The molecule has 1 aliphatic rings. The number of rotatable bonds is 8. The van der Waals surface area contributed by atoms with E-state index in [2.05, 4.69) is 15.4 Å². The number of nitrogens with one attached hydrogen (secondary N) is 3. The number of nitro benzene ring substituents is 1. The first kappa shape index (κ1) is 22.3. The van der Waals surface area contributed by atoms with Crippen LogP contribution < -0.4 is 15.4 Å². The molecule has 2 rings (SSSR count). The van der Waals surface area contributed by atoms with Crippen LogP contribution in [0, 0.1) is 10.1 Å². The van der Waals surface area contributed by atoms with Gasteiger partial charge in [-0.2, -0.15) is 0 Å². The second kappa shape index (κ2) is 10.4. The third-order valence-electron chi connectivity index (χ3n) is 3.53. The van der Waals surface area contributed by atoms with Gasteiger partial charge >= 0.3 is 0 Å². The average Bonchev–Trinajstić information content (AvgIpc) is 2.60. The van der Waals surface area contributed by atoms with Gasteiger partial charge in [0.25, 0.3) is 5.69 Å². The molecule has 26 heavy (non-hydrogen) atoms. The zero-order valence-electron chi connectivity index (χ0n) is 13.8. The lowest BCUT2D eigenvalue weighted by Gasteiger charge is -2.23. The zero-order chi connectivity index (χ0) is 18.3. The minimum atomic E-state index is -3.78. The first-order chi connectivity index (χ1) is 11.9. The molecule has 12 heteroatoms. The molecular formula is C14H21ClN4O6S. The summed E-state index contributed by atoms with van der Waals surface area (Å²) in [5.74, 6) is -0.197. The topological polar surface area (TPSA) is 140 Å². The van der Waals surface area contributed by atoms with Gasteiger partial charge in [0, 0.05) is 44.2 Å². The zero-order valence-corrected chi connectivity index (χ0v) is 15.5. The normalized spacial score (nSPS) is 17.2. The van der Waals surface area contributed by atoms with Gasteiger partial charge in [0.2, 0.25) is 15.9 Å². The minimum absolute atomic E-state index is 0. The molecule has 1 heterocycles. The average molecular weight is 409 g/mol. The first-order valence-electron chi connectivity index (χ1n) is 7.70. The maximum Gasteiger partial charge on any atom is 0.269 e. The van der Waals surface area contributed by atoms with Gasteiger partial charge < -0.3 is 15.4 Å². The molecule has 1 aliphatic heterocycles. The summed E-state index contributed by atoms with van der Waals surface area (Å²) in [5, 5.41) is 16.3. The number of ether oxygens (including phenoxy) is 1. The van der Waals surface area contributed by atoms with Crippen LogP contribution in [0.4, 0.5) is 5.69 Å². The number of hydrogen-bond donors (Lipinski definition) is 3. The monoisotopic (exact) mass is 408 g/mol. The fraction of sp³-hybridized carbons (Fsp3) is 0.500. The maximum atomic E-state index is 12.1. The van der Waals surface area contributed by atoms with E-state index in [-0.39, 0.29) is 54.4 Å². The number of carbonyl (C=O) groups excluding carboxylic acids is 1. The van der Waals surface area contributed by atoms with Crippen molar-refractivity contribution < 1.29 is 22.9 Å². The molecule has 1 atom stereocenters. The molecule has 10 nitrogen and oxygen atoms in total. The molecule has 0 spiro atoms. The molecule has 1 saturated heterocycles. The van der Waals surface area contributed by atoms with E-state index >= 15 is 0 Å². The summed E-state index contributed by atoms with van der Waals surface area (Å²) in [6.45, 7) is 1.95. The number of morpholine rings is 1. The van der Waals surface area contributed by atoms with Crippen LogP contribution in [0.25, 0.3) is 0 Å². The van der Waals surface area contributed by atoms with Gasteiger partial charge in [0.1, 0.15) is 0 Å². The molecule has 0 aliphatic carbocycles. The predicted molar refractivity (Wildman–Crippen MR) is 95.8 cm³/mol. The molecule has 146 valence electrons. The van der Waals surface area contributed by atoms with Crippen molar-refractivity contribution in [2.45, 2.75) is 17.4 Å². The lowest BCUT2D eigenvalue weighted by Crippen LogP contribution is -2.45. The number of benzene rings is 1. The number of non-ortho nitro benzene ring substituents is 1. The van der Waals surface area contributed by atoms with Crippen molar-refractivity contribution in [3.8, 4) is 0 Å². The van der Waals surface area contributed by atoms with Crippen LogP contribution in [0.2, 0.25) is 0 Å². The fourth-order valence-corrected chi connectivity index (χ4v) is 3.30. The third kappa shape index (κ3) is 6.84. The molecule has 0 radical (unpaired) electrons. The molecule has 1 aromatic rings. The van der Waals surface area contributed by atoms with Gasteiger partial charge in [-0.25, -0.2) is 13.1 Å². The van der Waals surface area contributed by atoms with Crippen LogP contribution in [0.1, 0.15) is 6.42 Å². The molecule has 1 unspecified atom stereocenters. The Hall–Kier alpha value is -1.79. The van der Waals surface area contributed by atoms with Crippen LogP contribution in [0.5, 0.6) is 0 Å². The fourth-order valence-electron chi connectivity index (χ4n) is 2.26. The lowest BCUT2D eigenvalue weighted by molar-refractivity contribution is -0.384. The van der Waals surface area contributed by atoms with Crippen molar-refractivity contribution in [1.82, 2.24) is 15.4 Å². The Labute approximate surface area is 157 Å². The van der Waals surface area contributed by atoms with E-state index in [1.54, 1.807) is 0 Å². The summed E-state index contributed by atoms with van der Waals surface area (Å²) < 4.78 is 31.7. The van der Waals surface area contributed by atoms with Gasteiger partial charge in [0.05, 0.1) is 23.0 Å². The summed E-state index contributed by atoms with van der Waals surface area (Å²) in [5.41, 5.74) is -0.188. The van der Waals surface area contributed by atoms with Gasteiger partial charge in [0.15, 0.2) is 0 Å². The highest BCUT2D eigenvalue weighted by atomic mass is 35.5. The Bertz CT molecular complexity index is 707. The minimum Gasteiger partial charge on any atom is -0.378 e. The maximum absolute atomic E-state index is 12.1. The quantitative estimate of drug-likeness (QED) is 0.307. The Morgan fingerprint density at radius 1 is 1.31 bits per heavy atom. The van der Waals surface area contributed by atoms with E-state index in [0.717, 1.165) is 24.3 Å². The lowest BCUT2D eigenvalue weighted by atomic mass is 10.2. The SMILES string of the molecule is Cl.O=C(CC1COCCN1)NCCNS(=O)(=O)c1ccc([N+](=O)[O-])cc1. The molecule has 0 bridgehead atoms. The summed E-state index contributed by atoms with van der Waals surface area (Å²) in [4.78, 5) is 21.6. The number of nitrogens with zero attached hydrogens (tertiary/aromatic N) is 1. The molecular weight excluding hydrogens is 388 g/mol. The van der Waals surface area contributed by atoms with Crippen molar-refractivity contribution >= 4 is 34.0 Å². The summed E-state index contributed by atoms with van der Waals surface area (Å²) in [6.07, 6.45) is 0.259. The molecule has 0 saturated carbocycles. The molecule has 1 aromatic carbocycles. The highest BCUT2D eigenvalue weighted by molar-refractivity contribution is 7.89. The predicted octanol–water partition coefficient (Wildman–Crippen LogP) is -0.210. The van der Waals surface area contributed by atoms with Crippen LogP contribution in [0.15, 0.2) is 29.2 Å². The Balaban J connectivity index is 0.00000338. The van der Waals surface area contributed by atoms with Crippen LogP contribution >= 0.6 is 12.4 Å². The van der Waals surface area contributed by atoms with E-state index in [1.807, 2.05) is 0 Å². The molecule has 1 fully saturated rings. The summed E-state index contributed by atoms with van der Waals surface area (Å²) in [6, 6.07) is 4.53. The smallest absolute Gasteiger partial charge is 0.269 e. The third-order valence-corrected chi connectivity index (χ3v) is 5.00. The van der Waals surface area contributed by atoms with Gasteiger partial charge in [-0.05, 0) is 12.1 Å². The number of halogens is 1. The second-order valence-electron chi connectivity index (χ2n) is 5.43. The molecule has 0 aromatic heterocycles. The van der Waals surface area contributed by atoms with Crippen molar-refractivity contribution in [2.24, 2.45) is 0 Å². The highest BCUT2D eigenvalue weighted by Crippen LogP contribution is 2.15. The van der Waals surface area contributed by atoms with E-state index in [0.29, 0.717) is 19.8 Å². The van der Waals surface area contributed by atoms with Crippen molar-refractivity contribution in [2.75, 3.05) is 32.8 Å². The summed E-state index contributed by atoms with van der Waals surface area (Å²) >= 11 is 0. The van der Waals surface area contributed by atoms with E-state index < -0.39 is 14.9 Å². The largest absolute Gasteiger partial charge is 0.378 e. The van der Waals surface area contributed by atoms with Crippen LogP contribution in [-0.4, -0.2) is 58.1 Å². The summed E-state index contributed by atoms with van der Waals surface area (Å²) in [7, 11) is -3.78. The van der Waals surface area contributed by atoms with Gasteiger partial charge in [-0.3, -0.25) is 14.9 Å². The Morgan fingerprint density at radius 3 is 2.58 bits per heavy atom. The number of amides is 1. The molecule has 3 N–H and O–H groups in total. The number of carbonyl (C=O) groups is 1. The van der Waals surface area contributed by atoms with E-state index in [9.17, 15) is 23.3 Å². The second-order valence-corrected chi connectivity index (χ2v) is 7.20. The first-order valence-corrected chi connectivity index (χ1v) is 9.19. The van der Waals surface area contributed by atoms with Gasteiger partial charge in [-0.15, -0.1) is 12.4 Å². The number of hydrogen-bond acceptors (Lipinski definition) is 7. The van der Waals surface area contributed by atoms with Crippen molar-refractivity contribution in [3.63, 3.8) is 0 Å². The van der Waals surface area contributed by atoms with Crippen LogP contribution in [0.3, 0.4) is 0 Å². The Kier molecular flexibility index (Phi) is 8.88. The number of nitro groups is 1.